The first kappa shape index (κ1) is 7.45. The van der Waals surface area contributed by atoms with Gasteiger partial charge in [-0.1, -0.05) is 0 Å². The van der Waals surface area contributed by atoms with Crippen molar-refractivity contribution in [2.24, 2.45) is 0 Å². The van der Waals surface area contributed by atoms with E-state index >= 15 is 0 Å². The predicted octanol–water partition coefficient (Wildman–Crippen LogP) is 2.06. The Kier molecular flexibility index (Phi) is 1.63. The number of rotatable bonds is 0. The van der Waals surface area contributed by atoms with Gasteiger partial charge in [0.2, 0.25) is 0 Å². The molecular formula is C8H14O2. The molecule has 10 heavy (non-hydrogen) atoms. The van der Waals surface area contributed by atoms with Crippen LogP contribution in [0.1, 0.15) is 27.2 Å². The molecule has 0 aromatic heterocycles. The van der Waals surface area contributed by atoms with Gasteiger partial charge in [0.15, 0.2) is 0 Å². The van der Waals surface area contributed by atoms with E-state index in [1.54, 1.807) is 0 Å². The van der Waals surface area contributed by atoms with Gasteiger partial charge >= 0.3 is 0 Å². The molecule has 1 atom stereocenters. The standard InChI is InChI=1S/C8H14O2/c1-6-5-8(3,4)10-7(2)9-6/h6H,2,5H2,1,3-4H3. The molecule has 1 aliphatic heterocycles. The third-order valence-electron chi connectivity index (χ3n) is 1.50. The van der Waals surface area contributed by atoms with E-state index in [9.17, 15) is 0 Å². The molecule has 0 amide bonds. The predicted molar refractivity (Wildman–Crippen MR) is 39.5 cm³/mol. The first-order chi connectivity index (χ1) is 4.49. The maximum atomic E-state index is 5.33. The first-order valence-electron chi connectivity index (χ1n) is 3.54. The van der Waals surface area contributed by atoms with Gasteiger partial charge in [-0.25, -0.2) is 0 Å². The zero-order valence-electron chi connectivity index (χ0n) is 6.81. The molecule has 1 aliphatic rings. The second kappa shape index (κ2) is 2.19. The van der Waals surface area contributed by atoms with Crippen LogP contribution < -0.4 is 0 Å². The molecule has 0 aromatic carbocycles. The van der Waals surface area contributed by atoms with E-state index in [1.165, 1.54) is 0 Å². The van der Waals surface area contributed by atoms with Crippen LogP contribution in [0.15, 0.2) is 12.5 Å². The van der Waals surface area contributed by atoms with E-state index in [1.807, 2.05) is 20.8 Å². The van der Waals surface area contributed by atoms with Gasteiger partial charge in [-0.2, -0.15) is 0 Å². The second-order valence-corrected chi connectivity index (χ2v) is 3.37. The van der Waals surface area contributed by atoms with Gasteiger partial charge in [0.1, 0.15) is 11.7 Å². The maximum Gasteiger partial charge on any atom is 0.272 e. The van der Waals surface area contributed by atoms with Gasteiger partial charge < -0.3 is 9.47 Å². The fourth-order valence-corrected chi connectivity index (χ4v) is 1.33. The average molecular weight is 142 g/mol. The molecule has 0 aliphatic carbocycles. The molecule has 1 saturated heterocycles. The fourth-order valence-electron chi connectivity index (χ4n) is 1.33. The van der Waals surface area contributed by atoms with Gasteiger partial charge in [-0.3, -0.25) is 0 Å². The van der Waals surface area contributed by atoms with Crippen LogP contribution in [0.25, 0.3) is 0 Å². The van der Waals surface area contributed by atoms with Crippen molar-refractivity contribution in [2.45, 2.75) is 38.9 Å². The van der Waals surface area contributed by atoms with E-state index in [4.69, 9.17) is 9.47 Å². The summed E-state index contributed by atoms with van der Waals surface area (Å²) in [6, 6.07) is 0. The van der Waals surface area contributed by atoms with Crippen LogP contribution >= 0.6 is 0 Å². The first-order valence-corrected chi connectivity index (χ1v) is 3.54. The molecule has 2 nitrogen and oxygen atoms in total. The number of hydrogen-bond acceptors (Lipinski definition) is 2. The summed E-state index contributed by atoms with van der Waals surface area (Å²) in [5, 5.41) is 0. The molecule has 1 unspecified atom stereocenters. The molecule has 1 heterocycles. The fraction of sp³-hybridized carbons (Fsp3) is 0.750. The van der Waals surface area contributed by atoms with Gasteiger partial charge in [-0.05, 0) is 27.4 Å². The van der Waals surface area contributed by atoms with Crippen LogP contribution in [0.5, 0.6) is 0 Å². The van der Waals surface area contributed by atoms with Crippen molar-refractivity contribution in [2.75, 3.05) is 0 Å². The van der Waals surface area contributed by atoms with Crippen LogP contribution in [0.4, 0.5) is 0 Å². The van der Waals surface area contributed by atoms with Gasteiger partial charge in [0.05, 0.1) is 0 Å². The van der Waals surface area contributed by atoms with Crippen molar-refractivity contribution in [3.8, 4) is 0 Å². The van der Waals surface area contributed by atoms with Crippen molar-refractivity contribution in [1.82, 2.24) is 0 Å². The highest BCUT2D eigenvalue weighted by molar-refractivity contribution is 4.86. The molecule has 58 valence electrons. The molecule has 0 bridgehead atoms. The normalized spacial score (nSPS) is 30.7. The van der Waals surface area contributed by atoms with Crippen molar-refractivity contribution in [1.29, 1.82) is 0 Å². The Morgan fingerprint density at radius 3 is 2.60 bits per heavy atom. The van der Waals surface area contributed by atoms with E-state index in [0.29, 0.717) is 5.95 Å². The second-order valence-electron chi connectivity index (χ2n) is 3.37. The molecule has 0 aromatic rings. The lowest BCUT2D eigenvalue weighted by Crippen LogP contribution is -2.35. The van der Waals surface area contributed by atoms with E-state index in [-0.39, 0.29) is 11.7 Å². The summed E-state index contributed by atoms with van der Waals surface area (Å²) in [5.74, 6) is 0.448. The van der Waals surface area contributed by atoms with E-state index < -0.39 is 0 Å². The summed E-state index contributed by atoms with van der Waals surface area (Å²) in [7, 11) is 0. The minimum atomic E-state index is -0.102. The Bertz CT molecular complexity index is 149. The lowest BCUT2D eigenvalue weighted by Gasteiger charge is -2.35. The van der Waals surface area contributed by atoms with Crippen LogP contribution in [-0.4, -0.2) is 11.7 Å². The summed E-state index contributed by atoms with van der Waals surface area (Å²) in [5.41, 5.74) is -0.102. The lowest BCUT2D eigenvalue weighted by molar-refractivity contribution is -0.139. The zero-order chi connectivity index (χ0) is 7.78. The van der Waals surface area contributed by atoms with Gasteiger partial charge in [-0.15, -0.1) is 0 Å². The molecule has 0 N–H and O–H groups in total. The molecular weight excluding hydrogens is 128 g/mol. The summed E-state index contributed by atoms with van der Waals surface area (Å²) < 4.78 is 10.5. The van der Waals surface area contributed by atoms with Crippen LogP contribution in [0, 0.1) is 0 Å². The summed E-state index contributed by atoms with van der Waals surface area (Å²) in [6.07, 6.45) is 1.16. The smallest absolute Gasteiger partial charge is 0.272 e. The molecule has 2 heteroatoms. The van der Waals surface area contributed by atoms with Crippen molar-refractivity contribution in [3.05, 3.63) is 12.5 Å². The molecule has 0 radical (unpaired) electrons. The highest BCUT2D eigenvalue weighted by atomic mass is 16.7. The van der Waals surface area contributed by atoms with E-state index in [0.717, 1.165) is 6.42 Å². The highest BCUT2D eigenvalue weighted by Gasteiger charge is 2.29. The summed E-state index contributed by atoms with van der Waals surface area (Å²) in [4.78, 5) is 0. The average Bonchev–Trinajstić information content (AvgIpc) is 1.54. The highest BCUT2D eigenvalue weighted by Crippen LogP contribution is 2.27. The number of hydrogen-bond donors (Lipinski definition) is 0. The SMILES string of the molecule is C=C1OC(C)CC(C)(C)O1. The van der Waals surface area contributed by atoms with E-state index in [2.05, 4.69) is 6.58 Å². The Morgan fingerprint density at radius 1 is 1.60 bits per heavy atom. The quantitative estimate of drug-likeness (QED) is 0.515. The van der Waals surface area contributed by atoms with Gasteiger partial charge in [0, 0.05) is 6.42 Å². The largest absolute Gasteiger partial charge is 0.463 e. The minimum Gasteiger partial charge on any atom is -0.463 e. The van der Waals surface area contributed by atoms with Crippen LogP contribution in [-0.2, 0) is 9.47 Å². The van der Waals surface area contributed by atoms with Crippen LogP contribution in [0.2, 0.25) is 0 Å². The minimum absolute atomic E-state index is 0.102. The Balaban J connectivity index is 2.59. The van der Waals surface area contributed by atoms with Crippen LogP contribution in [0.3, 0.4) is 0 Å². The monoisotopic (exact) mass is 142 g/mol. The lowest BCUT2D eigenvalue weighted by atomic mass is 10.0. The molecule has 0 saturated carbocycles. The molecule has 1 fully saturated rings. The Labute approximate surface area is 61.8 Å². The molecule has 1 rings (SSSR count). The van der Waals surface area contributed by atoms with Crippen molar-refractivity contribution < 1.29 is 9.47 Å². The third kappa shape index (κ3) is 1.66. The number of ether oxygens (including phenoxy) is 2. The Hall–Kier alpha value is -0.660. The summed E-state index contributed by atoms with van der Waals surface area (Å²) >= 11 is 0. The van der Waals surface area contributed by atoms with Crippen molar-refractivity contribution in [3.63, 3.8) is 0 Å². The van der Waals surface area contributed by atoms with Gasteiger partial charge in [0.25, 0.3) is 5.95 Å². The topological polar surface area (TPSA) is 18.5 Å². The molecule has 0 spiro atoms. The zero-order valence-corrected chi connectivity index (χ0v) is 6.81. The Morgan fingerprint density at radius 2 is 2.20 bits per heavy atom. The maximum absolute atomic E-state index is 5.33. The third-order valence-corrected chi connectivity index (χ3v) is 1.50. The summed E-state index contributed by atoms with van der Waals surface area (Å²) in [6.45, 7) is 9.72. The van der Waals surface area contributed by atoms with Crippen molar-refractivity contribution >= 4 is 0 Å².